The molecule has 1 heterocycles. The molecular weight excluding hydrogens is 246 g/mol. The summed E-state index contributed by atoms with van der Waals surface area (Å²) in [7, 11) is 0. The zero-order valence-electron chi connectivity index (χ0n) is 12.1. The molecule has 0 saturated carbocycles. The highest BCUT2D eigenvalue weighted by molar-refractivity contribution is 5.75. The number of nitrogens with zero attached hydrogens (tertiary/aromatic N) is 1. The Bertz CT molecular complexity index is 326. The first-order valence-electron chi connectivity index (χ1n) is 6.77. The Morgan fingerprint density at radius 2 is 2.00 bits per heavy atom. The number of rotatable bonds is 3. The van der Waals surface area contributed by atoms with Crippen molar-refractivity contribution >= 4 is 12.0 Å². The van der Waals surface area contributed by atoms with Crippen LogP contribution in [0.4, 0.5) is 4.79 Å². The van der Waals surface area contributed by atoms with E-state index in [1.165, 1.54) is 0 Å². The molecule has 0 aromatic heterocycles. The number of hydrogen-bond acceptors (Lipinski definition) is 4. The van der Waals surface area contributed by atoms with Gasteiger partial charge in [-0.2, -0.15) is 0 Å². The first kappa shape index (κ1) is 15.8. The quantitative estimate of drug-likeness (QED) is 0.797. The molecule has 1 fully saturated rings. The summed E-state index contributed by atoms with van der Waals surface area (Å²) in [5, 5.41) is 3.12. The highest BCUT2D eigenvalue weighted by Gasteiger charge is 2.25. The molecule has 1 unspecified atom stereocenters. The van der Waals surface area contributed by atoms with Gasteiger partial charge in [0.1, 0.15) is 5.60 Å². The third-order valence-corrected chi connectivity index (χ3v) is 2.94. The van der Waals surface area contributed by atoms with Crippen LogP contribution >= 0.6 is 0 Å². The topological polar surface area (TPSA) is 84.7 Å². The average Bonchev–Trinajstić information content (AvgIpc) is 2.49. The molecule has 0 spiro atoms. The van der Waals surface area contributed by atoms with Gasteiger partial charge < -0.3 is 20.7 Å². The lowest BCUT2D eigenvalue weighted by atomic mass is 10.1. The van der Waals surface area contributed by atoms with Gasteiger partial charge in [0.25, 0.3) is 0 Å². The molecule has 1 atom stereocenters. The van der Waals surface area contributed by atoms with Gasteiger partial charge in [-0.25, -0.2) is 4.79 Å². The lowest BCUT2D eigenvalue weighted by Crippen LogP contribution is -2.39. The van der Waals surface area contributed by atoms with E-state index in [4.69, 9.17) is 10.5 Å². The van der Waals surface area contributed by atoms with Gasteiger partial charge in [0.05, 0.1) is 6.54 Å². The van der Waals surface area contributed by atoms with E-state index in [-0.39, 0.29) is 24.6 Å². The minimum absolute atomic E-state index is 0.192. The Hall–Kier alpha value is -1.30. The molecule has 19 heavy (non-hydrogen) atoms. The van der Waals surface area contributed by atoms with Gasteiger partial charge in [-0.3, -0.25) is 4.79 Å². The smallest absolute Gasteiger partial charge is 0.410 e. The maximum Gasteiger partial charge on any atom is 0.410 e. The van der Waals surface area contributed by atoms with Crippen molar-refractivity contribution in [2.45, 2.75) is 51.7 Å². The summed E-state index contributed by atoms with van der Waals surface area (Å²) in [6, 6.07) is 0.236. The molecule has 3 N–H and O–H groups in total. The van der Waals surface area contributed by atoms with Gasteiger partial charge in [0.15, 0.2) is 0 Å². The maximum absolute atomic E-state index is 11.9. The number of hydrogen-bond donors (Lipinski definition) is 2. The van der Waals surface area contributed by atoms with Gasteiger partial charge >= 0.3 is 6.09 Å². The molecule has 6 heteroatoms. The van der Waals surface area contributed by atoms with E-state index < -0.39 is 5.60 Å². The van der Waals surface area contributed by atoms with E-state index in [2.05, 4.69) is 5.32 Å². The van der Waals surface area contributed by atoms with Crippen molar-refractivity contribution in [2.24, 2.45) is 5.73 Å². The molecule has 110 valence electrons. The largest absolute Gasteiger partial charge is 0.444 e. The fourth-order valence-corrected chi connectivity index (χ4v) is 2.05. The van der Waals surface area contributed by atoms with Crippen molar-refractivity contribution < 1.29 is 14.3 Å². The number of carbonyl (C=O) groups is 2. The molecule has 0 aliphatic carbocycles. The molecule has 0 bridgehead atoms. The normalized spacial score (nSPS) is 20.8. The standard InChI is InChI=1S/C13H25N3O3/c1-13(2,3)19-12(18)16-7-4-5-10(6-8-16)15-9-11(14)17/h10,15H,4-9H2,1-3H3,(H2,14,17). The summed E-state index contributed by atoms with van der Waals surface area (Å²) in [4.78, 5) is 24.4. The minimum atomic E-state index is -0.465. The predicted octanol–water partition coefficient (Wildman–Crippen LogP) is 0.851. The first-order chi connectivity index (χ1) is 8.78. The van der Waals surface area contributed by atoms with Crippen LogP contribution in [0.15, 0.2) is 0 Å². The van der Waals surface area contributed by atoms with Crippen LogP contribution in [0.25, 0.3) is 0 Å². The SMILES string of the molecule is CC(C)(C)OC(=O)N1CCCC(NCC(N)=O)CC1. The summed E-state index contributed by atoms with van der Waals surface area (Å²) >= 11 is 0. The van der Waals surface area contributed by atoms with Gasteiger partial charge in [-0.1, -0.05) is 0 Å². The van der Waals surface area contributed by atoms with Crippen LogP contribution in [0.5, 0.6) is 0 Å². The second-order valence-electron chi connectivity index (χ2n) is 5.94. The molecule has 1 aliphatic rings. The van der Waals surface area contributed by atoms with Crippen molar-refractivity contribution in [1.82, 2.24) is 10.2 Å². The highest BCUT2D eigenvalue weighted by atomic mass is 16.6. The molecule has 6 nitrogen and oxygen atoms in total. The van der Waals surface area contributed by atoms with E-state index in [9.17, 15) is 9.59 Å². The number of nitrogens with two attached hydrogens (primary N) is 1. The highest BCUT2D eigenvalue weighted by Crippen LogP contribution is 2.15. The number of ether oxygens (including phenoxy) is 1. The Morgan fingerprint density at radius 3 is 2.58 bits per heavy atom. The van der Waals surface area contributed by atoms with Crippen molar-refractivity contribution in [3.05, 3.63) is 0 Å². The number of primary amides is 1. The molecule has 0 aromatic carbocycles. The van der Waals surface area contributed by atoms with Gasteiger partial charge in [0, 0.05) is 19.1 Å². The predicted molar refractivity (Wildman–Crippen MR) is 72.6 cm³/mol. The average molecular weight is 271 g/mol. The Morgan fingerprint density at radius 1 is 1.32 bits per heavy atom. The zero-order chi connectivity index (χ0) is 14.5. The number of likely N-dealkylation sites (tertiary alicyclic amines) is 1. The van der Waals surface area contributed by atoms with Crippen LogP contribution in [-0.4, -0.2) is 48.2 Å². The maximum atomic E-state index is 11.9. The zero-order valence-corrected chi connectivity index (χ0v) is 12.1. The van der Waals surface area contributed by atoms with Gasteiger partial charge in [0.2, 0.25) is 5.91 Å². The third-order valence-electron chi connectivity index (χ3n) is 2.94. The van der Waals surface area contributed by atoms with Crippen molar-refractivity contribution in [1.29, 1.82) is 0 Å². The molecule has 2 amide bonds. The van der Waals surface area contributed by atoms with E-state index in [1.54, 1.807) is 4.90 Å². The van der Waals surface area contributed by atoms with Crippen LogP contribution in [0, 0.1) is 0 Å². The molecule has 0 radical (unpaired) electrons. The first-order valence-corrected chi connectivity index (χ1v) is 6.77. The summed E-state index contributed by atoms with van der Waals surface area (Å²) in [5.74, 6) is -0.353. The third kappa shape index (κ3) is 6.42. The summed E-state index contributed by atoms with van der Waals surface area (Å²) in [6.07, 6.45) is 2.39. The second kappa shape index (κ2) is 6.75. The summed E-state index contributed by atoms with van der Waals surface area (Å²) in [6.45, 7) is 7.12. The molecule has 0 aromatic rings. The number of nitrogens with one attached hydrogen (secondary N) is 1. The lowest BCUT2D eigenvalue weighted by molar-refractivity contribution is -0.117. The number of amides is 2. The van der Waals surface area contributed by atoms with E-state index in [0.29, 0.717) is 13.1 Å². The van der Waals surface area contributed by atoms with Crippen molar-refractivity contribution in [2.75, 3.05) is 19.6 Å². The van der Waals surface area contributed by atoms with Crippen LogP contribution in [0.1, 0.15) is 40.0 Å². The van der Waals surface area contributed by atoms with E-state index in [0.717, 1.165) is 19.3 Å². The van der Waals surface area contributed by atoms with Crippen LogP contribution in [-0.2, 0) is 9.53 Å². The van der Waals surface area contributed by atoms with Crippen molar-refractivity contribution in [3.8, 4) is 0 Å². The van der Waals surface area contributed by atoms with Gasteiger partial charge in [-0.05, 0) is 40.0 Å². The molecule has 1 saturated heterocycles. The van der Waals surface area contributed by atoms with Gasteiger partial charge in [-0.15, -0.1) is 0 Å². The van der Waals surface area contributed by atoms with E-state index >= 15 is 0 Å². The molecule has 1 rings (SSSR count). The van der Waals surface area contributed by atoms with E-state index in [1.807, 2.05) is 20.8 Å². The minimum Gasteiger partial charge on any atom is -0.444 e. The van der Waals surface area contributed by atoms with Crippen LogP contribution < -0.4 is 11.1 Å². The van der Waals surface area contributed by atoms with Crippen molar-refractivity contribution in [3.63, 3.8) is 0 Å². The van der Waals surface area contributed by atoms with Crippen LogP contribution in [0.3, 0.4) is 0 Å². The number of carbonyl (C=O) groups excluding carboxylic acids is 2. The summed E-state index contributed by atoms with van der Waals surface area (Å²) in [5.41, 5.74) is 4.64. The Kier molecular flexibility index (Phi) is 5.60. The lowest BCUT2D eigenvalue weighted by Gasteiger charge is -2.26. The Labute approximate surface area is 114 Å². The monoisotopic (exact) mass is 271 g/mol. The van der Waals surface area contributed by atoms with Crippen LogP contribution in [0.2, 0.25) is 0 Å². The summed E-state index contributed by atoms with van der Waals surface area (Å²) < 4.78 is 5.36. The fourth-order valence-electron chi connectivity index (χ4n) is 2.05. The fraction of sp³-hybridized carbons (Fsp3) is 0.846. The molecular formula is C13H25N3O3. The Balaban J connectivity index is 2.41. The molecule has 1 aliphatic heterocycles. The second-order valence-corrected chi connectivity index (χ2v) is 5.94.